The van der Waals surface area contributed by atoms with E-state index >= 15 is 0 Å². The highest BCUT2D eigenvalue weighted by Gasteiger charge is 2.14. The van der Waals surface area contributed by atoms with Crippen LogP contribution in [0.2, 0.25) is 5.02 Å². The van der Waals surface area contributed by atoms with Crippen LogP contribution in [0.25, 0.3) is 12.2 Å². The van der Waals surface area contributed by atoms with Crippen LogP contribution in [-0.4, -0.2) is 39.2 Å². The molecule has 8 heteroatoms. The largest absolute Gasteiger partial charge is 0.325 e. The molecule has 0 spiro atoms. The fraction of sp³-hybridized carbons (Fsp3) is 0.361. The molecule has 2 heterocycles. The standard InChI is InChI=1S/C17H25N3O.C14H10ClN.C3H6N2.C2H6/c1-4-11-20(12-10-14(3)5-2)17(21)19-16-8-6-15(13-18)7-9-16;15-13-6-5-12-9-14-10(2-1-7-16-14)3-4-11(12)8-13;1-3-2-4-5-3;1-2/h6-9,14H,4-5,10-12H2,1-3H3,(H,19,21);1-8H,9H2;2,4-5H,1H3;1-2H3/t14-;;;/m1.../s1. The first-order valence-corrected chi connectivity index (χ1v) is 15.9. The molecule has 0 saturated heterocycles. The fourth-order valence-electron chi connectivity index (χ4n) is 4.20. The predicted molar refractivity (Wildman–Crippen MR) is 185 cm³/mol. The second-order valence-corrected chi connectivity index (χ2v) is 10.8. The summed E-state index contributed by atoms with van der Waals surface area (Å²) in [5.74, 6) is 0.632. The number of rotatable bonds is 7. The van der Waals surface area contributed by atoms with Gasteiger partial charge in [0.05, 0.1) is 17.3 Å². The predicted octanol–water partition coefficient (Wildman–Crippen LogP) is 9.73. The molecule has 0 bridgehead atoms. The molecule has 1 atom stereocenters. The van der Waals surface area contributed by atoms with Gasteiger partial charge >= 0.3 is 6.03 Å². The Kier molecular flexibility index (Phi) is 16.2. The summed E-state index contributed by atoms with van der Waals surface area (Å²) in [6, 6.07) is 19.0. The van der Waals surface area contributed by atoms with Crippen molar-refractivity contribution in [1.29, 1.82) is 5.26 Å². The molecule has 0 aliphatic heterocycles. The van der Waals surface area contributed by atoms with Crippen LogP contribution in [0, 0.1) is 24.2 Å². The van der Waals surface area contributed by atoms with E-state index in [0.717, 1.165) is 55.2 Å². The molecule has 234 valence electrons. The Hall–Kier alpha value is -4.28. The average molecular weight is 615 g/mol. The normalized spacial score (nSPS) is 11.3. The smallest absolute Gasteiger partial charge is 0.321 e. The molecule has 4 aromatic rings. The maximum absolute atomic E-state index is 12.3. The number of halogens is 1. The number of carbonyl (C=O) groups excluding carboxylic acids is 1. The molecule has 0 saturated carbocycles. The molecule has 0 radical (unpaired) electrons. The first kappa shape index (κ1) is 35.9. The number of hydrogen-bond donors (Lipinski definition) is 3. The lowest BCUT2D eigenvalue weighted by Gasteiger charge is -2.24. The van der Waals surface area contributed by atoms with Gasteiger partial charge in [-0.05, 0) is 84.8 Å². The summed E-state index contributed by atoms with van der Waals surface area (Å²) in [4.78, 5) is 18.6. The quantitative estimate of drug-likeness (QED) is 0.170. The summed E-state index contributed by atoms with van der Waals surface area (Å²) in [6.45, 7) is 14.0. The maximum Gasteiger partial charge on any atom is 0.321 e. The van der Waals surface area contributed by atoms with Gasteiger partial charge in [-0.3, -0.25) is 4.98 Å². The SMILES string of the molecule is CC.CCCN(CC[C@H](C)CC)C(=O)Nc1ccc(C#N)cc1.Cc1c[nH][nH]1.Clc1ccc2c(c1)C=Cc1cccnc1C2. The minimum atomic E-state index is -0.0649. The third-order valence-electron chi connectivity index (χ3n) is 7.03. The highest BCUT2D eigenvalue weighted by molar-refractivity contribution is 6.30. The van der Waals surface area contributed by atoms with E-state index in [0.29, 0.717) is 11.5 Å². The Balaban J connectivity index is 0.000000256. The van der Waals surface area contributed by atoms with Crippen molar-refractivity contribution < 1.29 is 4.79 Å². The molecular weight excluding hydrogens is 568 g/mol. The van der Waals surface area contributed by atoms with Crippen LogP contribution in [0.3, 0.4) is 0 Å². The summed E-state index contributed by atoms with van der Waals surface area (Å²) < 4.78 is 0. The van der Waals surface area contributed by atoms with E-state index in [1.165, 1.54) is 22.4 Å². The number of nitrogens with one attached hydrogen (secondary N) is 3. The van der Waals surface area contributed by atoms with Crippen LogP contribution in [0.1, 0.15) is 87.5 Å². The Labute approximate surface area is 268 Å². The molecule has 2 aromatic heterocycles. The van der Waals surface area contributed by atoms with Gasteiger partial charge in [0, 0.05) is 48.3 Å². The number of anilines is 1. The molecular formula is C36H47ClN6O. The van der Waals surface area contributed by atoms with E-state index in [1.807, 2.05) is 56.3 Å². The zero-order chi connectivity index (χ0) is 32.3. The summed E-state index contributed by atoms with van der Waals surface area (Å²) in [5, 5.41) is 18.0. The van der Waals surface area contributed by atoms with Gasteiger partial charge in [-0.1, -0.05) is 76.9 Å². The molecule has 1 aliphatic rings. The van der Waals surface area contributed by atoms with Crippen LogP contribution < -0.4 is 5.32 Å². The molecule has 1 aliphatic carbocycles. The van der Waals surface area contributed by atoms with E-state index in [-0.39, 0.29) is 6.03 Å². The van der Waals surface area contributed by atoms with Crippen molar-refractivity contribution in [2.24, 2.45) is 5.92 Å². The zero-order valence-electron chi connectivity index (χ0n) is 27.0. The van der Waals surface area contributed by atoms with E-state index in [4.69, 9.17) is 16.9 Å². The number of aromatic nitrogens is 3. The molecule has 2 amide bonds. The maximum atomic E-state index is 12.3. The summed E-state index contributed by atoms with van der Waals surface area (Å²) in [5.41, 5.74) is 7.29. The summed E-state index contributed by atoms with van der Waals surface area (Å²) >= 11 is 5.99. The second-order valence-electron chi connectivity index (χ2n) is 10.4. The van der Waals surface area contributed by atoms with Gasteiger partial charge in [-0.2, -0.15) is 5.26 Å². The Morgan fingerprint density at radius 3 is 2.36 bits per heavy atom. The number of amides is 2. The van der Waals surface area contributed by atoms with Crippen molar-refractivity contribution in [3.8, 4) is 6.07 Å². The number of fused-ring (bicyclic) bond motifs is 2. The lowest BCUT2D eigenvalue weighted by molar-refractivity contribution is 0.207. The molecule has 0 unspecified atom stereocenters. The van der Waals surface area contributed by atoms with Gasteiger partial charge in [0.25, 0.3) is 0 Å². The first-order valence-electron chi connectivity index (χ1n) is 15.5. The third-order valence-corrected chi connectivity index (χ3v) is 7.26. The van der Waals surface area contributed by atoms with Crippen molar-refractivity contribution in [2.75, 3.05) is 18.4 Å². The number of urea groups is 1. The van der Waals surface area contributed by atoms with Crippen LogP contribution >= 0.6 is 11.6 Å². The minimum absolute atomic E-state index is 0.0649. The van der Waals surface area contributed by atoms with Crippen molar-refractivity contribution in [2.45, 2.75) is 67.2 Å². The molecule has 5 rings (SSSR count). The van der Waals surface area contributed by atoms with Gasteiger partial charge in [-0.25, -0.2) is 4.79 Å². The van der Waals surface area contributed by atoms with Crippen molar-refractivity contribution >= 4 is 35.5 Å². The van der Waals surface area contributed by atoms with Gasteiger partial charge in [-0.15, -0.1) is 0 Å². The highest BCUT2D eigenvalue weighted by Crippen LogP contribution is 2.25. The number of aromatic amines is 2. The third kappa shape index (κ3) is 12.1. The van der Waals surface area contributed by atoms with Crippen LogP contribution in [-0.2, 0) is 6.42 Å². The molecule has 2 aromatic carbocycles. The summed E-state index contributed by atoms with van der Waals surface area (Å²) in [7, 11) is 0. The monoisotopic (exact) mass is 614 g/mol. The molecule has 0 fully saturated rings. The molecule has 44 heavy (non-hydrogen) atoms. The topological polar surface area (TPSA) is 101 Å². The van der Waals surface area contributed by atoms with Crippen molar-refractivity contribution in [3.05, 3.63) is 106 Å². The van der Waals surface area contributed by atoms with Crippen molar-refractivity contribution in [3.63, 3.8) is 0 Å². The van der Waals surface area contributed by atoms with Crippen molar-refractivity contribution in [1.82, 2.24) is 20.1 Å². The van der Waals surface area contributed by atoms with Crippen LogP contribution in [0.15, 0.2) is 67.0 Å². The lowest BCUT2D eigenvalue weighted by atomic mass is 10.0. The van der Waals surface area contributed by atoms with Gasteiger partial charge < -0.3 is 20.4 Å². The summed E-state index contributed by atoms with van der Waals surface area (Å²) in [6.07, 6.45) is 11.9. The number of aryl methyl sites for hydroxylation is 1. The Bertz CT molecular complexity index is 1460. The average Bonchev–Trinajstić information content (AvgIpc) is 3.22. The van der Waals surface area contributed by atoms with E-state index in [9.17, 15) is 4.79 Å². The zero-order valence-corrected chi connectivity index (χ0v) is 27.7. The number of carbonyl (C=O) groups is 1. The fourth-order valence-corrected chi connectivity index (χ4v) is 4.38. The number of nitrogens with zero attached hydrogens (tertiary/aromatic N) is 3. The number of benzene rings is 2. The van der Waals surface area contributed by atoms with Crippen LogP contribution in [0.4, 0.5) is 10.5 Å². The Morgan fingerprint density at radius 1 is 1.09 bits per heavy atom. The van der Waals surface area contributed by atoms with E-state index in [2.05, 4.69) is 71.6 Å². The molecule has 7 nitrogen and oxygen atoms in total. The highest BCUT2D eigenvalue weighted by atomic mass is 35.5. The Morgan fingerprint density at radius 2 is 1.77 bits per heavy atom. The minimum Gasteiger partial charge on any atom is -0.325 e. The molecule has 3 N–H and O–H groups in total. The van der Waals surface area contributed by atoms with E-state index in [1.54, 1.807) is 24.3 Å². The lowest BCUT2D eigenvalue weighted by Crippen LogP contribution is -2.36. The number of nitriles is 1. The number of hydrogen-bond acceptors (Lipinski definition) is 3. The van der Waals surface area contributed by atoms with Gasteiger partial charge in [0.2, 0.25) is 0 Å². The first-order chi connectivity index (χ1) is 21.3. The van der Waals surface area contributed by atoms with Gasteiger partial charge in [0.1, 0.15) is 0 Å². The van der Waals surface area contributed by atoms with Gasteiger partial charge in [0.15, 0.2) is 0 Å². The number of pyridine rings is 1. The van der Waals surface area contributed by atoms with Crippen LogP contribution in [0.5, 0.6) is 0 Å². The second kappa shape index (κ2) is 19.8. The van der Waals surface area contributed by atoms with E-state index < -0.39 is 0 Å². The number of H-pyrrole nitrogens is 2.